The van der Waals surface area contributed by atoms with Crippen molar-refractivity contribution in [1.29, 1.82) is 0 Å². The summed E-state index contributed by atoms with van der Waals surface area (Å²) in [6.45, 7) is 1.21. The molecular weight excluding hydrogens is 232 g/mol. The molecule has 5 nitrogen and oxygen atoms in total. The van der Waals surface area contributed by atoms with Crippen molar-refractivity contribution in [1.82, 2.24) is 10.3 Å². The van der Waals surface area contributed by atoms with Crippen molar-refractivity contribution in [2.24, 2.45) is 0 Å². The average molecular weight is 244 g/mol. The van der Waals surface area contributed by atoms with Gasteiger partial charge in [0, 0.05) is 17.1 Å². The van der Waals surface area contributed by atoms with Crippen molar-refractivity contribution in [2.75, 3.05) is 6.54 Å². The molecule has 0 radical (unpaired) electrons. The molecule has 0 aliphatic rings. The third-order valence-electron chi connectivity index (χ3n) is 2.54. The van der Waals surface area contributed by atoms with Crippen molar-refractivity contribution in [3.63, 3.8) is 0 Å². The summed E-state index contributed by atoms with van der Waals surface area (Å²) >= 11 is 0. The first-order chi connectivity index (χ1) is 8.59. The maximum absolute atomic E-state index is 11.9. The minimum absolute atomic E-state index is 0.132. The van der Waals surface area contributed by atoms with Gasteiger partial charge in [-0.05, 0) is 13.0 Å². The van der Waals surface area contributed by atoms with Crippen molar-refractivity contribution >= 4 is 28.4 Å². The molecule has 0 unspecified atom stereocenters. The lowest BCUT2D eigenvalue weighted by atomic mass is 10.1. The van der Waals surface area contributed by atoms with Gasteiger partial charge in [0.1, 0.15) is 5.78 Å². The van der Waals surface area contributed by atoms with E-state index in [1.54, 1.807) is 12.1 Å². The summed E-state index contributed by atoms with van der Waals surface area (Å²) < 4.78 is 0. The molecule has 0 saturated carbocycles. The van der Waals surface area contributed by atoms with Crippen LogP contribution in [0.1, 0.15) is 17.3 Å². The van der Waals surface area contributed by atoms with Gasteiger partial charge in [-0.25, -0.2) is 0 Å². The second-order valence-electron chi connectivity index (χ2n) is 3.96. The van der Waals surface area contributed by atoms with Crippen molar-refractivity contribution in [3.05, 3.63) is 36.0 Å². The molecule has 0 saturated heterocycles. The number of ketones is 2. The van der Waals surface area contributed by atoms with E-state index in [0.29, 0.717) is 10.9 Å². The number of aromatic amines is 1. The standard InChI is InChI=1S/C13H12N2O3/c1-8(16)6-15-13(18)12(17)10-7-14-11-5-3-2-4-9(10)11/h2-5,7,14H,6H2,1H3,(H,15,18). The minimum atomic E-state index is -0.769. The van der Waals surface area contributed by atoms with E-state index in [1.807, 2.05) is 12.1 Å². The summed E-state index contributed by atoms with van der Waals surface area (Å²) in [7, 11) is 0. The molecule has 92 valence electrons. The lowest BCUT2D eigenvalue weighted by molar-refractivity contribution is -0.121. The number of benzene rings is 1. The molecule has 18 heavy (non-hydrogen) atoms. The molecule has 1 amide bonds. The zero-order chi connectivity index (χ0) is 13.1. The van der Waals surface area contributed by atoms with E-state index in [9.17, 15) is 14.4 Å². The van der Waals surface area contributed by atoms with Crippen LogP contribution in [-0.2, 0) is 9.59 Å². The molecule has 5 heteroatoms. The summed E-state index contributed by atoms with van der Waals surface area (Å²) in [5, 5.41) is 2.98. The average Bonchev–Trinajstić information content (AvgIpc) is 2.78. The number of Topliss-reactive ketones (excluding diaryl/α,β-unsaturated/α-hetero) is 2. The smallest absolute Gasteiger partial charge is 0.292 e. The highest BCUT2D eigenvalue weighted by Gasteiger charge is 2.19. The molecular formula is C13H12N2O3. The summed E-state index contributed by atoms with van der Waals surface area (Å²) in [5.41, 5.74) is 1.10. The van der Waals surface area contributed by atoms with Crippen molar-refractivity contribution in [2.45, 2.75) is 6.92 Å². The normalized spacial score (nSPS) is 10.3. The number of H-pyrrole nitrogens is 1. The predicted molar refractivity (Wildman–Crippen MR) is 66.3 cm³/mol. The second-order valence-corrected chi connectivity index (χ2v) is 3.96. The molecule has 2 N–H and O–H groups in total. The number of rotatable bonds is 4. The van der Waals surface area contributed by atoms with Crippen molar-refractivity contribution < 1.29 is 14.4 Å². The lowest BCUT2D eigenvalue weighted by Gasteiger charge is -2.00. The van der Waals surface area contributed by atoms with Crippen molar-refractivity contribution in [3.8, 4) is 0 Å². The highest BCUT2D eigenvalue weighted by molar-refractivity contribution is 6.45. The lowest BCUT2D eigenvalue weighted by Crippen LogP contribution is -2.34. The number of hydrogen-bond donors (Lipinski definition) is 2. The molecule has 1 heterocycles. The number of amides is 1. The Morgan fingerprint density at radius 2 is 1.94 bits per heavy atom. The van der Waals surface area contributed by atoms with Crippen LogP contribution >= 0.6 is 0 Å². The summed E-state index contributed by atoms with van der Waals surface area (Å²) in [6.07, 6.45) is 1.50. The Kier molecular flexibility index (Phi) is 3.23. The topological polar surface area (TPSA) is 79.0 Å². The van der Waals surface area contributed by atoms with Gasteiger partial charge in [0.25, 0.3) is 11.7 Å². The zero-order valence-electron chi connectivity index (χ0n) is 9.82. The molecule has 0 aliphatic heterocycles. The van der Waals surface area contributed by atoms with Crippen LogP contribution in [0.5, 0.6) is 0 Å². The van der Waals surface area contributed by atoms with E-state index in [1.165, 1.54) is 13.1 Å². The Labute approximate surface area is 103 Å². The van der Waals surface area contributed by atoms with E-state index < -0.39 is 11.7 Å². The number of para-hydroxylation sites is 1. The monoisotopic (exact) mass is 244 g/mol. The Bertz CT molecular complexity index is 628. The Morgan fingerprint density at radius 1 is 1.22 bits per heavy atom. The summed E-state index contributed by atoms with van der Waals surface area (Å²) in [6, 6.07) is 7.21. The predicted octanol–water partition coefficient (Wildman–Crippen LogP) is 1.06. The molecule has 1 aromatic carbocycles. The Hall–Kier alpha value is -2.43. The number of nitrogens with one attached hydrogen (secondary N) is 2. The second kappa shape index (κ2) is 4.83. The van der Waals surface area contributed by atoms with E-state index >= 15 is 0 Å². The number of carbonyl (C=O) groups is 3. The number of carbonyl (C=O) groups excluding carboxylic acids is 3. The van der Waals surface area contributed by atoms with Gasteiger partial charge in [-0.3, -0.25) is 14.4 Å². The van der Waals surface area contributed by atoms with E-state index in [2.05, 4.69) is 10.3 Å². The van der Waals surface area contributed by atoms with E-state index in [4.69, 9.17) is 0 Å². The van der Waals surface area contributed by atoms with Crippen LogP contribution in [0.25, 0.3) is 10.9 Å². The van der Waals surface area contributed by atoms with Gasteiger partial charge >= 0.3 is 0 Å². The van der Waals surface area contributed by atoms with Crippen LogP contribution in [0.3, 0.4) is 0 Å². The van der Waals surface area contributed by atoms with Gasteiger partial charge in [-0.2, -0.15) is 0 Å². The van der Waals surface area contributed by atoms with Crippen LogP contribution in [0, 0.1) is 0 Å². The fourth-order valence-corrected chi connectivity index (χ4v) is 1.67. The van der Waals surface area contributed by atoms with Crippen LogP contribution in [0.15, 0.2) is 30.5 Å². The van der Waals surface area contributed by atoms with Crippen LogP contribution in [-0.4, -0.2) is 29.0 Å². The number of hydrogen-bond acceptors (Lipinski definition) is 3. The summed E-state index contributed by atoms with van der Waals surface area (Å²) in [5.74, 6) is -1.61. The number of fused-ring (bicyclic) bond motifs is 1. The highest BCUT2D eigenvalue weighted by atomic mass is 16.2. The summed E-state index contributed by atoms with van der Waals surface area (Å²) in [4.78, 5) is 37.1. The van der Waals surface area contributed by atoms with Gasteiger partial charge < -0.3 is 10.3 Å². The van der Waals surface area contributed by atoms with Gasteiger partial charge in [0.05, 0.1) is 12.1 Å². The molecule has 0 spiro atoms. The third-order valence-corrected chi connectivity index (χ3v) is 2.54. The van der Waals surface area contributed by atoms with Crippen LogP contribution in [0.2, 0.25) is 0 Å². The van der Waals surface area contributed by atoms with E-state index in [-0.39, 0.29) is 12.3 Å². The third kappa shape index (κ3) is 2.29. The fraction of sp³-hybridized carbons (Fsp3) is 0.154. The minimum Gasteiger partial charge on any atom is -0.360 e. The van der Waals surface area contributed by atoms with E-state index in [0.717, 1.165) is 5.52 Å². The molecule has 0 atom stereocenters. The highest BCUT2D eigenvalue weighted by Crippen LogP contribution is 2.17. The van der Waals surface area contributed by atoms with Gasteiger partial charge in [-0.15, -0.1) is 0 Å². The Balaban J connectivity index is 2.23. The van der Waals surface area contributed by atoms with Gasteiger partial charge in [0.2, 0.25) is 0 Å². The Morgan fingerprint density at radius 3 is 2.67 bits per heavy atom. The van der Waals surface area contributed by atoms with Crippen LogP contribution < -0.4 is 5.32 Å². The molecule has 0 fully saturated rings. The first-order valence-electron chi connectivity index (χ1n) is 5.47. The maximum atomic E-state index is 11.9. The SMILES string of the molecule is CC(=O)CNC(=O)C(=O)c1c[nH]c2ccccc12. The number of aromatic nitrogens is 1. The first kappa shape index (κ1) is 12.0. The molecule has 0 aliphatic carbocycles. The molecule has 1 aromatic heterocycles. The molecule has 0 bridgehead atoms. The molecule has 2 rings (SSSR count). The van der Waals surface area contributed by atoms with Gasteiger partial charge in [-0.1, -0.05) is 18.2 Å². The van der Waals surface area contributed by atoms with Gasteiger partial charge in [0.15, 0.2) is 0 Å². The zero-order valence-corrected chi connectivity index (χ0v) is 9.82. The van der Waals surface area contributed by atoms with Crippen LogP contribution in [0.4, 0.5) is 0 Å². The maximum Gasteiger partial charge on any atom is 0.292 e. The quantitative estimate of drug-likeness (QED) is 0.623. The molecule has 2 aromatic rings. The fourth-order valence-electron chi connectivity index (χ4n) is 1.67. The first-order valence-corrected chi connectivity index (χ1v) is 5.47. The largest absolute Gasteiger partial charge is 0.360 e.